The van der Waals surface area contributed by atoms with E-state index in [1.54, 1.807) is 0 Å². The average Bonchev–Trinajstić information content (AvgIpc) is 2.65. The highest BCUT2D eigenvalue weighted by Gasteiger charge is 2.12. The van der Waals surface area contributed by atoms with Gasteiger partial charge < -0.3 is 0 Å². The molecule has 13 heavy (non-hydrogen) atoms. The van der Waals surface area contributed by atoms with E-state index < -0.39 is 0 Å². The molecule has 0 atom stereocenters. The topological polar surface area (TPSA) is 0 Å². The minimum Gasteiger partial charge on any atom is -0.140 e. The maximum atomic E-state index is 3.56. The summed E-state index contributed by atoms with van der Waals surface area (Å²) in [7, 11) is 0. The third kappa shape index (κ3) is 1.25. The summed E-state index contributed by atoms with van der Waals surface area (Å²) in [4.78, 5) is 0. The van der Waals surface area contributed by atoms with Crippen molar-refractivity contribution in [1.29, 1.82) is 0 Å². The lowest BCUT2D eigenvalue weighted by Gasteiger charge is -1.76. The summed E-state index contributed by atoms with van der Waals surface area (Å²) in [5.41, 5.74) is 0. The van der Waals surface area contributed by atoms with Crippen LogP contribution >= 0.6 is 65.9 Å². The van der Waals surface area contributed by atoms with Crippen LogP contribution in [0.5, 0.6) is 0 Å². The first-order valence-electron chi connectivity index (χ1n) is 3.50. The summed E-state index contributed by atoms with van der Waals surface area (Å²) in [5, 5.41) is 2.16. The van der Waals surface area contributed by atoms with E-state index in [1.165, 1.54) is 27.1 Å². The highest BCUT2D eigenvalue weighted by molar-refractivity contribution is 9.11. The predicted octanol–water partition coefficient (Wildman–Crippen LogP) is 5.70. The molecule has 0 aliphatic heterocycles. The highest BCUT2D eigenvalue weighted by Crippen LogP contribution is 2.46. The summed E-state index contributed by atoms with van der Waals surface area (Å²) in [6, 6.07) is 2.20. The first kappa shape index (κ1) is 8.85. The molecule has 0 N–H and O–H groups in total. The Morgan fingerprint density at radius 1 is 1.00 bits per heavy atom. The highest BCUT2D eigenvalue weighted by atomic mass is 79.9. The third-order valence-electron chi connectivity index (χ3n) is 1.79. The number of rotatable bonds is 0. The average molecular weight is 354 g/mol. The maximum absolute atomic E-state index is 3.56. The molecule has 66 valence electrons. The quantitative estimate of drug-likeness (QED) is 0.486. The number of hydrogen-bond donors (Lipinski definition) is 0. The van der Waals surface area contributed by atoms with Crippen molar-refractivity contribution in [3.63, 3.8) is 0 Å². The van der Waals surface area contributed by atoms with Crippen LogP contribution in [0.4, 0.5) is 0 Å². The van der Waals surface area contributed by atoms with Gasteiger partial charge in [-0.2, -0.15) is 0 Å². The fourth-order valence-corrected chi connectivity index (χ4v) is 6.50. The van der Waals surface area contributed by atoms with Crippen molar-refractivity contribution in [3.05, 3.63) is 19.7 Å². The van der Waals surface area contributed by atoms with Gasteiger partial charge >= 0.3 is 0 Å². The Kier molecular flexibility index (Phi) is 2.07. The van der Waals surface area contributed by atoms with E-state index in [0.29, 0.717) is 0 Å². The van der Waals surface area contributed by atoms with Crippen LogP contribution < -0.4 is 0 Å². The fourth-order valence-electron chi connectivity index (χ4n) is 1.27. The van der Waals surface area contributed by atoms with Gasteiger partial charge in [0, 0.05) is 14.6 Å². The van der Waals surface area contributed by atoms with Gasteiger partial charge in [0.1, 0.15) is 0 Å². The van der Waals surface area contributed by atoms with Gasteiger partial charge in [0.25, 0.3) is 0 Å². The van der Waals surface area contributed by atoms with E-state index >= 15 is 0 Å². The summed E-state index contributed by atoms with van der Waals surface area (Å²) in [6.07, 6.45) is 0. The van der Waals surface area contributed by atoms with Crippen molar-refractivity contribution < 1.29 is 0 Å². The molecule has 3 aromatic heterocycles. The van der Waals surface area contributed by atoms with Crippen LogP contribution in [0.1, 0.15) is 0 Å². The minimum absolute atomic E-state index is 1.22. The third-order valence-corrected chi connectivity index (χ3v) is 7.19. The molecule has 0 saturated heterocycles. The molecule has 0 saturated carbocycles. The molecule has 0 bridgehead atoms. The zero-order chi connectivity index (χ0) is 9.00. The van der Waals surface area contributed by atoms with Gasteiger partial charge in [-0.15, -0.1) is 34.0 Å². The van der Waals surface area contributed by atoms with E-state index in [4.69, 9.17) is 0 Å². The van der Waals surface area contributed by atoms with Crippen molar-refractivity contribution in [2.75, 3.05) is 0 Å². The van der Waals surface area contributed by atoms with Crippen molar-refractivity contribution in [2.45, 2.75) is 0 Å². The Labute approximate surface area is 103 Å². The van der Waals surface area contributed by atoms with Crippen LogP contribution in [0.25, 0.3) is 18.8 Å². The van der Waals surface area contributed by atoms with Crippen LogP contribution in [0.2, 0.25) is 0 Å². The maximum Gasteiger partial charge on any atom is 0.0719 e. The second-order valence-electron chi connectivity index (χ2n) is 2.59. The monoisotopic (exact) mass is 352 g/mol. The molecule has 0 amide bonds. The summed E-state index contributed by atoms with van der Waals surface area (Å²) in [5.74, 6) is 0. The summed E-state index contributed by atoms with van der Waals surface area (Å²) < 4.78 is 8.07. The van der Waals surface area contributed by atoms with Crippen LogP contribution in [0, 0.1) is 0 Å². The smallest absolute Gasteiger partial charge is 0.0719 e. The molecule has 0 fully saturated rings. The Bertz CT molecular complexity index is 587. The molecule has 3 rings (SSSR count). The lowest BCUT2D eigenvalue weighted by atomic mass is 10.5. The van der Waals surface area contributed by atoms with Crippen molar-refractivity contribution >= 4 is 84.7 Å². The number of hydrogen-bond acceptors (Lipinski definition) is 3. The molecule has 0 spiro atoms. The van der Waals surface area contributed by atoms with E-state index in [-0.39, 0.29) is 0 Å². The largest absolute Gasteiger partial charge is 0.140 e. The first-order chi connectivity index (χ1) is 6.25. The lowest BCUT2D eigenvalue weighted by Crippen LogP contribution is -1.45. The zero-order valence-corrected chi connectivity index (χ0v) is 11.8. The second-order valence-corrected chi connectivity index (χ2v) is 7.81. The van der Waals surface area contributed by atoms with Crippen LogP contribution in [0.3, 0.4) is 0 Å². The van der Waals surface area contributed by atoms with Gasteiger partial charge in [0.05, 0.1) is 17.9 Å². The molecule has 0 radical (unpaired) electrons. The van der Waals surface area contributed by atoms with E-state index in [1.807, 2.05) is 34.0 Å². The fraction of sp³-hybridized carbons (Fsp3) is 0. The Morgan fingerprint density at radius 3 is 2.69 bits per heavy atom. The number of fused-ring (bicyclic) bond motifs is 3. The molecular weight excluding hydrogens is 352 g/mol. The zero-order valence-electron chi connectivity index (χ0n) is 6.14. The molecule has 0 aromatic carbocycles. The number of thiophene rings is 3. The molecule has 5 heteroatoms. The molecule has 0 aliphatic rings. The SMILES string of the molecule is Brc1cc2sc3c(Br)csc3c2s1. The standard InChI is InChI=1S/C8H2Br2S3/c9-3-2-11-8-6(3)12-4-1-5(10)13-7(4)8/h1-2H. The van der Waals surface area contributed by atoms with E-state index in [9.17, 15) is 0 Å². The van der Waals surface area contributed by atoms with Gasteiger partial charge in [-0.3, -0.25) is 0 Å². The molecular formula is C8H2Br2S3. The summed E-state index contributed by atoms with van der Waals surface area (Å²) >= 11 is 12.6. The van der Waals surface area contributed by atoms with Gasteiger partial charge in [-0.05, 0) is 37.9 Å². The molecule has 0 aliphatic carbocycles. The summed E-state index contributed by atoms with van der Waals surface area (Å²) in [6.45, 7) is 0. The van der Waals surface area contributed by atoms with Gasteiger partial charge in [0.2, 0.25) is 0 Å². The van der Waals surface area contributed by atoms with Crippen molar-refractivity contribution in [3.8, 4) is 0 Å². The molecule has 3 heterocycles. The Hall–Kier alpha value is 0.580. The second kappa shape index (κ2) is 3.03. The van der Waals surface area contributed by atoms with Crippen LogP contribution in [0.15, 0.2) is 19.7 Å². The van der Waals surface area contributed by atoms with Crippen molar-refractivity contribution in [1.82, 2.24) is 0 Å². The van der Waals surface area contributed by atoms with Gasteiger partial charge in [0.15, 0.2) is 0 Å². The predicted molar refractivity (Wildman–Crippen MR) is 70.5 cm³/mol. The van der Waals surface area contributed by atoms with Crippen molar-refractivity contribution in [2.24, 2.45) is 0 Å². The van der Waals surface area contributed by atoms with Gasteiger partial charge in [-0.1, -0.05) is 0 Å². The minimum atomic E-state index is 1.22. The number of halogens is 2. The normalized spacial score (nSPS) is 11.8. The Morgan fingerprint density at radius 2 is 1.85 bits per heavy atom. The molecule has 3 aromatic rings. The van der Waals surface area contributed by atoms with E-state index in [2.05, 4.69) is 43.3 Å². The molecule has 0 nitrogen and oxygen atoms in total. The lowest BCUT2D eigenvalue weighted by molar-refractivity contribution is 2.09. The first-order valence-corrected chi connectivity index (χ1v) is 7.60. The van der Waals surface area contributed by atoms with Crippen LogP contribution in [-0.4, -0.2) is 0 Å². The van der Waals surface area contributed by atoms with E-state index in [0.717, 1.165) is 0 Å². The molecule has 0 unspecified atom stereocenters. The van der Waals surface area contributed by atoms with Gasteiger partial charge in [-0.25, -0.2) is 0 Å². The Balaban J connectivity index is 2.59. The van der Waals surface area contributed by atoms with Crippen LogP contribution in [-0.2, 0) is 0 Å².